The van der Waals surface area contributed by atoms with Gasteiger partial charge >= 0.3 is 0 Å². The van der Waals surface area contributed by atoms with Gasteiger partial charge in [-0.25, -0.2) is 4.68 Å². The van der Waals surface area contributed by atoms with Gasteiger partial charge in [-0.1, -0.05) is 35.9 Å². The van der Waals surface area contributed by atoms with Crippen molar-refractivity contribution in [3.8, 4) is 0 Å². The Morgan fingerprint density at radius 2 is 2.00 bits per heavy atom. The van der Waals surface area contributed by atoms with E-state index in [1.165, 1.54) is 0 Å². The molecule has 1 heterocycles. The zero-order valence-electron chi connectivity index (χ0n) is 8.18. The third-order valence-electron chi connectivity index (χ3n) is 2.10. The van der Waals surface area contributed by atoms with Gasteiger partial charge in [0.05, 0.1) is 0 Å². The second-order valence-electron chi connectivity index (χ2n) is 3.03. The van der Waals surface area contributed by atoms with Crippen LogP contribution < -0.4 is 5.49 Å². The van der Waals surface area contributed by atoms with Crippen LogP contribution in [0.4, 0.5) is 0 Å². The van der Waals surface area contributed by atoms with Crippen molar-refractivity contribution in [1.82, 2.24) is 9.78 Å². The Morgan fingerprint density at radius 3 is 2.67 bits per heavy atom. The molecule has 0 unspecified atom stereocenters. The number of nitrogens with zero attached hydrogens (tertiary/aromatic N) is 4. The van der Waals surface area contributed by atoms with Crippen LogP contribution >= 0.6 is 11.6 Å². The van der Waals surface area contributed by atoms with E-state index in [-0.39, 0.29) is 0 Å². The molecule has 76 valence electrons. The number of fused-ring (bicyclic) bond motifs is 1. The Hall–Kier alpha value is -1.68. The lowest BCUT2D eigenvalue weighted by molar-refractivity contribution is 0.696. The van der Waals surface area contributed by atoms with Gasteiger partial charge in [0.2, 0.25) is 0 Å². The zero-order chi connectivity index (χ0) is 10.8. The quantitative estimate of drug-likeness (QED) is 0.533. The van der Waals surface area contributed by atoms with E-state index in [0.717, 1.165) is 10.8 Å². The molecule has 5 heteroatoms. The smallest absolute Gasteiger partial charge is 0.179 e. The first kappa shape index (κ1) is 9.86. The molecule has 0 N–H and O–H groups in total. The topological polar surface area (TPSA) is 42.5 Å². The van der Waals surface area contributed by atoms with Crippen LogP contribution in [-0.4, -0.2) is 16.5 Å². The lowest BCUT2D eigenvalue weighted by atomic mass is 10.2. The van der Waals surface area contributed by atoms with Crippen molar-refractivity contribution < 1.29 is 0 Å². The number of hydrogen-bond acceptors (Lipinski definition) is 3. The lowest BCUT2D eigenvalue weighted by Crippen LogP contribution is -2.21. The number of halogens is 1. The molecule has 4 nitrogen and oxygen atoms in total. The third kappa shape index (κ3) is 1.64. The number of aromatic nitrogens is 2. The molecule has 0 saturated carbocycles. The van der Waals surface area contributed by atoms with Crippen LogP contribution in [-0.2, 0) is 7.05 Å². The Morgan fingerprint density at radius 1 is 1.33 bits per heavy atom. The Labute approximate surface area is 91.5 Å². The highest BCUT2D eigenvalue weighted by Gasteiger charge is 2.04. The van der Waals surface area contributed by atoms with E-state index in [2.05, 4.69) is 22.0 Å². The van der Waals surface area contributed by atoms with E-state index in [4.69, 9.17) is 11.6 Å². The Kier molecular flexibility index (Phi) is 2.51. The molecule has 2 rings (SSSR count). The molecule has 1 aromatic carbocycles. The van der Waals surface area contributed by atoms with Crippen LogP contribution in [0, 0.1) is 0 Å². The van der Waals surface area contributed by atoms with Crippen molar-refractivity contribution in [2.45, 2.75) is 0 Å². The minimum Gasteiger partial charge on any atom is -0.248 e. The third-order valence-corrected chi connectivity index (χ3v) is 2.38. The summed E-state index contributed by atoms with van der Waals surface area (Å²) in [7, 11) is 1.77. The predicted octanol–water partition coefficient (Wildman–Crippen LogP) is 1.74. The summed E-state index contributed by atoms with van der Waals surface area (Å²) >= 11 is 6.01. The average Bonchev–Trinajstić information content (AvgIpc) is 2.24. The molecule has 0 amide bonds. The van der Waals surface area contributed by atoms with Gasteiger partial charge in [-0.3, -0.25) is 0 Å². The SMILES string of the molecule is C=N/N=c1\c2ccccc2c(Cl)nn1C. The van der Waals surface area contributed by atoms with E-state index >= 15 is 0 Å². The van der Waals surface area contributed by atoms with Gasteiger partial charge in [0.1, 0.15) is 0 Å². The fourth-order valence-electron chi connectivity index (χ4n) is 1.45. The van der Waals surface area contributed by atoms with Gasteiger partial charge < -0.3 is 0 Å². The maximum Gasteiger partial charge on any atom is 0.179 e. The average molecular weight is 221 g/mol. The second kappa shape index (κ2) is 3.82. The fourth-order valence-corrected chi connectivity index (χ4v) is 1.73. The minimum absolute atomic E-state index is 0.455. The van der Waals surface area contributed by atoms with E-state index < -0.39 is 0 Å². The van der Waals surface area contributed by atoms with E-state index in [0.29, 0.717) is 10.6 Å². The minimum atomic E-state index is 0.455. The van der Waals surface area contributed by atoms with Gasteiger partial charge in [0, 0.05) is 24.5 Å². The lowest BCUT2D eigenvalue weighted by Gasteiger charge is -2.04. The van der Waals surface area contributed by atoms with Crippen molar-refractivity contribution in [2.24, 2.45) is 17.3 Å². The van der Waals surface area contributed by atoms with Crippen LogP contribution in [0.5, 0.6) is 0 Å². The molecule has 0 atom stereocenters. The zero-order valence-corrected chi connectivity index (χ0v) is 8.94. The molecule has 0 radical (unpaired) electrons. The molecule has 0 aliphatic rings. The van der Waals surface area contributed by atoms with E-state index in [1.807, 2.05) is 24.3 Å². The highest BCUT2D eigenvalue weighted by molar-refractivity contribution is 6.34. The molecule has 0 saturated heterocycles. The van der Waals surface area contributed by atoms with Crippen molar-refractivity contribution in [1.29, 1.82) is 0 Å². The first-order valence-corrected chi connectivity index (χ1v) is 4.73. The monoisotopic (exact) mass is 220 g/mol. The maximum atomic E-state index is 6.01. The van der Waals surface area contributed by atoms with Crippen LogP contribution in [0.3, 0.4) is 0 Å². The molecule has 0 fully saturated rings. The normalized spacial score (nSPS) is 12.0. The van der Waals surface area contributed by atoms with Gasteiger partial charge in [0.25, 0.3) is 0 Å². The Balaban J connectivity index is 3.03. The van der Waals surface area contributed by atoms with Gasteiger partial charge in [-0.15, -0.1) is 5.10 Å². The molecule has 2 aromatic rings. The summed E-state index contributed by atoms with van der Waals surface area (Å²) in [4.78, 5) is 0. The number of aryl methyl sites for hydroxylation is 1. The second-order valence-corrected chi connectivity index (χ2v) is 3.38. The van der Waals surface area contributed by atoms with E-state index in [1.54, 1.807) is 11.7 Å². The molecular formula is C10H9ClN4. The van der Waals surface area contributed by atoms with Crippen molar-refractivity contribution >= 4 is 29.1 Å². The maximum absolute atomic E-state index is 6.01. The van der Waals surface area contributed by atoms with Crippen molar-refractivity contribution in [3.05, 3.63) is 34.9 Å². The predicted molar refractivity (Wildman–Crippen MR) is 60.8 cm³/mol. The molecule has 0 bridgehead atoms. The number of benzene rings is 1. The molecule has 0 aliphatic heterocycles. The van der Waals surface area contributed by atoms with Gasteiger partial charge in [-0.2, -0.15) is 10.2 Å². The summed E-state index contributed by atoms with van der Waals surface area (Å²) in [6.07, 6.45) is 0. The van der Waals surface area contributed by atoms with Crippen LogP contribution in [0.2, 0.25) is 5.15 Å². The molecule has 0 spiro atoms. The summed E-state index contributed by atoms with van der Waals surface area (Å²) < 4.78 is 1.58. The fraction of sp³-hybridized carbons (Fsp3) is 0.100. The largest absolute Gasteiger partial charge is 0.248 e. The van der Waals surface area contributed by atoms with Crippen LogP contribution in [0.15, 0.2) is 34.5 Å². The van der Waals surface area contributed by atoms with Crippen LogP contribution in [0.1, 0.15) is 0 Å². The standard InChI is InChI=1S/C10H9ClN4/c1-12-13-10-8-6-4-3-5-7(8)9(11)14-15(10)2/h3-6H,1H2,2H3/b13-10+. The molecular weight excluding hydrogens is 212 g/mol. The van der Waals surface area contributed by atoms with Gasteiger partial charge in [-0.05, 0) is 0 Å². The van der Waals surface area contributed by atoms with Crippen molar-refractivity contribution in [3.63, 3.8) is 0 Å². The molecule has 0 aliphatic carbocycles. The summed E-state index contributed by atoms with van der Waals surface area (Å²) in [5.41, 5.74) is 0.644. The van der Waals surface area contributed by atoms with E-state index in [9.17, 15) is 0 Å². The highest BCUT2D eigenvalue weighted by Crippen LogP contribution is 2.16. The number of hydrogen-bond donors (Lipinski definition) is 0. The molecule has 15 heavy (non-hydrogen) atoms. The number of rotatable bonds is 1. The summed E-state index contributed by atoms with van der Waals surface area (Å²) in [5.74, 6) is 0. The Bertz CT molecular complexity index is 585. The first-order chi connectivity index (χ1) is 7.24. The van der Waals surface area contributed by atoms with Crippen molar-refractivity contribution in [2.75, 3.05) is 0 Å². The van der Waals surface area contributed by atoms with Crippen LogP contribution in [0.25, 0.3) is 10.8 Å². The first-order valence-electron chi connectivity index (χ1n) is 4.35. The summed E-state index contributed by atoms with van der Waals surface area (Å²) in [5, 5.41) is 13.8. The highest BCUT2D eigenvalue weighted by atomic mass is 35.5. The summed E-state index contributed by atoms with van der Waals surface area (Å²) in [6.45, 7) is 3.34. The molecule has 1 aromatic heterocycles. The summed E-state index contributed by atoms with van der Waals surface area (Å²) in [6, 6.07) is 7.64. The van der Waals surface area contributed by atoms with Gasteiger partial charge in [0.15, 0.2) is 10.6 Å².